The van der Waals surface area contributed by atoms with Crippen molar-refractivity contribution in [1.29, 1.82) is 0 Å². The fourth-order valence-electron chi connectivity index (χ4n) is 1.65. The lowest BCUT2D eigenvalue weighted by Gasteiger charge is -2.10. The second-order valence-electron chi connectivity index (χ2n) is 4.08. The van der Waals surface area contributed by atoms with E-state index >= 15 is 0 Å². The summed E-state index contributed by atoms with van der Waals surface area (Å²) in [5.41, 5.74) is 1.26. The minimum atomic E-state index is 0.248. The van der Waals surface area contributed by atoms with Crippen molar-refractivity contribution in [1.82, 2.24) is 0 Å². The van der Waals surface area contributed by atoms with Crippen molar-refractivity contribution < 1.29 is 4.79 Å². The Balaban J connectivity index is 2.45. The van der Waals surface area contributed by atoms with Crippen LogP contribution in [0.4, 0.5) is 0 Å². The zero-order valence-corrected chi connectivity index (χ0v) is 11.1. The van der Waals surface area contributed by atoms with Crippen molar-refractivity contribution in [3.63, 3.8) is 0 Å². The van der Waals surface area contributed by atoms with E-state index in [2.05, 4.69) is 45.0 Å². The number of aryl methyl sites for hydroxylation is 1. The number of Topliss-reactive ketones (excluding diaryl/α,β-unsaturated/α-hetero) is 1. The topological polar surface area (TPSA) is 17.1 Å². The van der Waals surface area contributed by atoms with Gasteiger partial charge in [0.15, 0.2) is 0 Å². The maximum absolute atomic E-state index is 11.8. The van der Waals surface area contributed by atoms with Gasteiger partial charge in [-0.15, -0.1) is 11.8 Å². The van der Waals surface area contributed by atoms with Crippen molar-refractivity contribution in [2.75, 3.05) is 5.75 Å². The Bertz CT molecular complexity index is 325. The van der Waals surface area contributed by atoms with Gasteiger partial charge in [0, 0.05) is 10.8 Å². The molecule has 0 saturated heterocycles. The van der Waals surface area contributed by atoms with Gasteiger partial charge in [0.25, 0.3) is 0 Å². The molecule has 0 saturated carbocycles. The molecule has 0 heterocycles. The molecule has 0 aliphatic rings. The molecule has 0 bridgehead atoms. The van der Waals surface area contributed by atoms with E-state index in [1.54, 1.807) is 11.8 Å². The normalized spacial score (nSPS) is 10.8. The van der Waals surface area contributed by atoms with Gasteiger partial charge < -0.3 is 0 Å². The molecule has 0 atom stereocenters. The van der Waals surface area contributed by atoms with Crippen molar-refractivity contribution >= 4 is 17.5 Å². The van der Waals surface area contributed by atoms with Gasteiger partial charge in [-0.3, -0.25) is 4.79 Å². The van der Waals surface area contributed by atoms with E-state index in [4.69, 9.17) is 0 Å². The number of hydrogen-bond donors (Lipinski definition) is 0. The molecule has 0 N–H and O–H groups in total. The van der Waals surface area contributed by atoms with Gasteiger partial charge >= 0.3 is 0 Å². The molecular weight excluding hydrogens is 216 g/mol. The Hall–Kier alpha value is -0.760. The van der Waals surface area contributed by atoms with Gasteiger partial charge in [-0.1, -0.05) is 31.5 Å². The lowest BCUT2D eigenvalue weighted by atomic mass is 10.00. The quantitative estimate of drug-likeness (QED) is 0.692. The smallest absolute Gasteiger partial charge is 0.146 e. The van der Waals surface area contributed by atoms with Crippen LogP contribution in [0.15, 0.2) is 29.2 Å². The molecule has 0 aliphatic heterocycles. The molecule has 0 fully saturated rings. The fourth-order valence-corrected chi connectivity index (χ4v) is 2.52. The van der Waals surface area contributed by atoms with E-state index in [9.17, 15) is 4.79 Å². The molecule has 0 radical (unpaired) electrons. The van der Waals surface area contributed by atoms with Crippen LogP contribution < -0.4 is 0 Å². The third-order valence-corrected chi connectivity index (χ3v) is 3.88. The Morgan fingerprint density at radius 3 is 2.25 bits per heavy atom. The molecule has 2 heteroatoms. The summed E-state index contributed by atoms with van der Waals surface area (Å²) < 4.78 is 0. The van der Waals surface area contributed by atoms with Crippen LogP contribution in [-0.4, -0.2) is 11.5 Å². The average Bonchev–Trinajstić information content (AvgIpc) is 2.30. The monoisotopic (exact) mass is 236 g/mol. The first-order valence-corrected chi connectivity index (χ1v) is 6.88. The second kappa shape index (κ2) is 6.74. The van der Waals surface area contributed by atoms with Crippen LogP contribution in [0.25, 0.3) is 0 Å². The maximum atomic E-state index is 11.8. The SMILES string of the molecule is CCC(CC)C(=O)CSc1ccc(C)cc1. The van der Waals surface area contributed by atoms with Gasteiger partial charge in [0.05, 0.1) is 5.75 Å². The summed E-state index contributed by atoms with van der Waals surface area (Å²) in [6, 6.07) is 8.34. The molecule has 88 valence electrons. The number of carbonyl (C=O) groups is 1. The van der Waals surface area contributed by atoms with Crippen LogP contribution in [0, 0.1) is 12.8 Å². The molecule has 16 heavy (non-hydrogen) atoms. The lowest BCUT2D eigenvalue weighted by molar-refractivity contribution is -0.120. The Kier molecular flexibility index (Phi) is 5.61. The van der Waals surface area contributed by atoms with Crippen molar-refractivity contribution in [3.05, 3.63) is 29.8 Å². The summed E-state index contributed by atoms with van der Waals surface area (Å²) >= 11 is 1.65. The first-order valence-electron chi connectivity index (χ1n) is 5.89. The highest BCUT2D eigenvalue weighted by atomic mass is 32.2. The minimum absolute atomic E-state index is 0.248. The Morgan fingerprint density at radius 2 is 1.75 bits per heavy atom. The second-order valence-corrected chi connectivity index (χ2v) is 5.13. The van der Waals surface area contributed by atoms with Crippen LogP contribution in [0.2, 0.25) is 0 Å². The molecule has 1 nitrogen and oxygen atoms in total. The van der Waals surface area contributed by atoms with E-state index < -0.39 is 0 Å². The summed E-state index contributed by atoms with van der Waals surface area (Å²) in [6.07, 6.45) is 1.92. The van der Waals surface area contributed by atoms with Crippen LogP contribution in [-0.2, 0) is 4.79 Å². The molecule has 1 aromatic rings. The maximum Gasteiger partial charge on any atom is 0.146 e. The summed E-state index contributed by atoms with van der Waals surface area (Å²) in [7, 11) is 0. The van der Waals surface area contributed by atoms with E-state index in [-0.39, 0.29) is 5.92 Å². The molecule has 0 amide bonds. The van der Waals surface area contributed by atoms with Gasteiger partial charge in [0.2, 0.25) is 0 Å². The molecule has 0 spiro atoms. The van der Waals surface area contributed by atoms with Crippen LogP contribution >= 0.6 is 11.8 Å². The minimum Gasteiger partial charge on any atom is -0.298 e. The molecule has 0 unspecified atom stereocenters. The van der Waals surface area contributed by atoms with E-state index in [1.807, 2.05) is 0 Å². The summed E-state index contributed by atoms with van der Waals surface area (Å²) in [6.45, 7) is 6.25. The first kappa shape index (κ1) is 13.3. The highest BCUT2D eigenvalue weighted by Gasteiger charge is 2.13. The number of hydrogen-bond acceptors (Lipinski definition) is 2. The Morgan fingerprint density at radius 1 is 1.19 bits per heavy atom. The Labute approximate surface area is 103 Å². The highest BCUT2D eigenvalue weighted by molar-refractivity contribution is 8.00. The van der Waals surface area contributed by atoms with Gasteiger partial charge in [-0.05, 0) is 31.9 Å². The van der Waals surface area contributed by atoms with Gasteiger partial charge in [-0.2, -0.15) is 0 Å². The molecule has 0 aromatic heterocycles. The highest BCUT2D eigenvalue weighted by Crippen LogP contribution is 2.21. The number of benzene rings is 1. The summed E-state index contributed by atoms with van der Waals surface area (Å²) in [5.74, 6) is 1.24. The molecular formula is C14H20OS. The number of ketones is 1. The van der Waals surface area contributed by atoms with E-state index in [0.29, 0.717) is 11.5 Å². The predicted octanol–water partition coefficient (Wildman–Crippen LogP) is 4.09. The van der Waals surface area contributed by atoms with Crippen LogP contribution in [0.1, 0.15) is 32.3 Å². The third-order valence-electron chi connectivity index (χ3n) is 2.84. The molecule has 1 aromatic carbocycles. The van der Waals surface area contributed by atoms with Crippen molar-refractivity contribution in [2.24, 2.45) is 5.92 Å². The first-order chi connectivity index (χ1) is 7.67. The lowest BCUT2D eigenvalue weighted by Crippen LogP contribution is -2.14. The van der Waals surface area contributed by atoms with Crippen molar-refractivity contribution in [2.45, 2.75) is 38.5 Å². The summed E-state index contributed by atoms with van der Waals surface area (Å²) in [4.78, 5) is 13.0. The largest absolute Gasteiger partial charge is 0.298 e. The zero-order chi connectivity index (χ0) is 12.0. The van der Waals surface area contributed by atoms with Crippen LogP contribution in [0.3, 0.4) is 0 Å². The number of carbonyl (C=O) groups excluding carboxylic acids is 1. The third kappa shape index (κ3) is 4.01. The van der Waals surface area contributed by atoms with E-state index in [0.717, 1.165) is 12.8 Å². The van der Waals surface area contributed by atoms with Gasteiger partial charge in [-0.25, -0.2) is 0 Å². The predicted molar refractivity (Wildman–Crippen MR) is 71.0 cm³/mol. The molecule has 0 aliphatic carbocycles. The van der Waals surface area contributed by atoms with Gasteiger partial charge in [0.1, 0.15) is 5.78 Å². The van der Waals surface area contributed by atoms with Crippen molar-refractivity contribution in [3.8, 4) is 0 Å². The van der Waals surface area contributed by atoms with E-state index in [1.165, 1.54) is 10.5 Å². The van der Waals surface area contributed by atoms with Crippen LogP contribution in [0.5, 0.6) is 0 Å². The zero-order valence-electron chi connectivity index (χ0n) is 10.3. The average molecular weight is 236 g/mol. The fraction of sp³-hybridized carbons (Fsp3) is 0.500. The number of rotatable bonds is 6. The number of thioether (sulfide) groups is 1. The summed E-state index contributed by atoms with van der Waals surface area (Å²) in [5, 5.41) is 0. The standard InChI is InChI=1S/C14H20OS/c1-4-12(5-2)14(15)10-16-13-8-6-11(3)7-9-13/h6-9,12H,4-5,10H2,1-3H3. The molecule has 1 rings (SSSR count).